The molecule has 6 heteroatoms. The zero-order chi connectivity index (χ0) is 14.4. The number of thioether (sulfide) groups is 1. The van der Waals surface area contributed by atoms with Gasteiger partial charge in [0.15, 0.2) is 0 Å². The van der Waals surface area contributed by atoms with Crippen LogP contribution >= 0.6 is 35.0 Å². The molecule has 1 fully saturated rings. The van der Waals surface area contributed by atoms with E-state index in [2.05, 4.69) is 5.32 Å². The van der Waals surface area contributed by atoms with E-state index in [-0.39, 0.29) is 6.61 Å². The molecular weight excluding hydrogens is 317 g/mol. The molecule has 0 spiro atoms. The fourth-order valence-corrected chi connectivity index (χ4v) is 3.48. The lowest BCUT2D eigenvalue weighted by atomic mass is 10.1. The minimum absolute atomic E-state index is 0.203. The number of hydrogen-bond donors (Lipinski definition) is 2. The van der Waals surface area contributed by atoms with E-state index in [1.807, 2.05) is 11.8 Å². The number of rotatable bonds is 6. The summed E-state index contributed by atoms with van der Waals surface area (Å²) in [6.07, 6.45) is 1.77. The Balaban J connectivity index is 1.71. The number of aliphatic hydroxyl groups excluding tert-OH is 1. The molecule has 0 saturated carbocycles. The summed E-state index contributed by atoms with van der Waals surface area (Å²) in [5, 5.41) is 14.4. The van der Waals surface area contributed by atoms with Crippen LogP contribution in [0.1, 0.15) is 12.8 Å². The summed E-state index contributed by atoms with van der Waals surface area (Å²) in [6.45, 7) is 0.738. The van der Waals surface area contributed by atoms with E-state index in [9.17, 15) is 5.11 Å². The Morgan fingerprint density at radius 2 is 2.10 bits per heavy atom. The van der Waals surface area contributed by atoms with Crippen LogP contribution in [0.5, 0.6) is 5.75 Å². The van der Waals surface area contributed by atoms with E-state index < -0.39 is 6.10 Å². The topological polar surface area (TPSA) is 41.5 Å². The Morgan fingerprint density at radius 1 is 1.35 bits per heavy atom. The summed E-state index contributed by atoms with van der Waals surface area (Å²) in [6, 6.07) is 5.56. The molecule has 1 heterocycles. The highest BCUT2D eigenvalue weighted by Gasteiger charge is 2.15. The Labute approximate surface area is 134 Å². The molecule has 1 saturated heterocycles. The summed E-state index contributed by atoms with van der Waals surface area (Å²) in [7, 11) is 0. The number of nitrogens with one attached hydrogen (secondary N) is 1. The number of ether oxygens (including phenoxy) is 1. The third-order valence-electron chi connectivity index (χ3n) is 3.19. The minimum Gasteiger partial charge on any atom is -0.489 e. The molecule has 0 bridgehead atoms. The predicted octanol–water partition coefficient (Wildman–Crippen LogP) is 3.22. The van der Waals surface area contributed by atoms with E-state index in [0.717, 1.165) is 0 Å². The van der Waals surface area contributed by atoms with Crippen LogP contribution in [0.25, 0.3) is 0 Å². The smallest absolute Gasteiger partial charge is 0.139 e. The predicted molar refractivity (Wildman–Crippen MR) is 86.3 cm³/mol. The molecule has 3 nitrogen and oxygen atoms in total. The highest BCUT2D eigenvalue weighted by atomic mass is 35.5. The average molecular weight is 336 g/mol. The molecule has 2 rings (SSSR count). The van der Waals surface area contributed by atoms with Crippen LogP contribution in [-0.4, -0.2) is 41.9 Å². The van der Waals surface area contributed by atoms with Crippen molar-refractivity contribution in [2.75, 3.05) is 24.7 Å². The van der Waals surface area contributed by atoms with Gasteiger partial charge >= 0.3 is 0 Å². The monoisotopic (exact) mass is 335 g/mol. The van der Waals surface area contributed by atoms with E-state index in [1.165, 1.54) is 24.3 Å². The lowest BCUT2D eigenvalue weighted by Crippen LogP contribution is -2.39. The summed E-state index contributed by atoms with van der Waals surface area (Å²) < 4.78 is 5.51. The first-order chi connectivity index (χ1) is 9.65. The van der Waals surface area contributed by atoms with Crippen LogP contribution in [0, 0.1) is 0 Å². The van der Waals surface area contributed by atoms with Gasteiger partial charge in [0, 0.05) is 23.7 Å². The summed E-state index contributed by atoms with van der Waals surface area (Å²) in [5.41, 5.74) is 0. The van der Waals surface area contributed by atoms with Crippen LogP contribution in [0.2, 0.25) is 10.0 Å². The Kier molecular flexibility index (Phi) is 6.78. The highest BCUT2D eigenvalue weighted by Crippen LogP contribution is 2.27. The van der Waals surface area contributed by atoms with Crippen molar-refractivity contribution in [3.05, 3.63) is 28.2 Å². The van der Waals surface area contributed by atoms with Gasteiger partial charge < -0.3 is 15.2 Å². The van der Waals surface area contributed by atoms with E-state index in [1.54, 1.807) is 18.2 Å². The molecule has 1 aliphatic heterocycles. The molecule has 1 atom stereocenters. The van der Waals surface area contributed by atoms with Crippen LogP contribution in [0.15, 0.2) is 18.2 Å². The first-order valence-corrected chi connectivity index (χ1v) is 8.63. The number of aliphatic hydroxyl groups is 1. The van der Waals surface area contributed by atoms with Gasteiger partial charge in [-0.15, -0.1) is 0 Å². The maximum absolute atomic E-state index is 9.93. The van der Waals surface area contributed by atoms with Crippen LogP contribution in [0.3, 0.4) is 0 Å². The summed E-state index contributed by atoms with van der Waals surface area (Å²) >= 11 is 13.9. The van der Waals surface area contributed by atoms with Gasteiger partial charge in [0.05, 0.1) is 5.02 Å². The van der Waals surface area contributed by atoms with Crippen molar-refractivity contribution in [3.8, 4) is 5.75 Å². The third-order valence-corrected chi connectivity index (χ3v) is 4.78. The van der Waals surface area contributed by atoms with Crippen LogP contribution in [0.4, 0.5) is 0 Å². The molecule has 1 aromatic rings. The SMILES string of the molecule is OC(CNC1CCSCC1)COc1cc(Cl)ccc1Cl. The number of halogens is 2. The maximum atomic E-state index is 9.93. The van der Waals surface area contributed by atoms with Gasteiger partial charge in [0.25, 0.3) is 0 Å². The molecular formula is C14H19Cl2NO2S. The van der Waals surface area contributed by atoms with Gasteiger partial charge in [-0.1, -0.05) is 23.2 Å². The zero-order valence-electron chi connectivity index (χ0n) is 11.1. The maximum Gasteiger partial charge on any atom is 0.139 e. The molecule has 0 aromatic heterocycles. The Hall–Kier alpha value is -0.130. The minimum atomic E-state index is -0.556. The summed E-state index contributed by atoms with van der Waals surface area (Å²) in [4.78, 5) is 0. The molecule has 1 aromatic carbocycles. The van der Waals surface area contributed by atoms with E-state index in [0.29, 0.717) is 28.4 Å². The molecule has 0 aliphatic carbocycles. The molecule has 1 unspecified atom stereocenters. The lowest BCUT2D eigenvalue weighted by Gasteiger charge is -2.24. The van der Waals surface area contributed by atoms with Gasteiger partial charge in [0.1, 0.15) is 18.5 Å². The first kappa shape index (κ1) is 16.2. The molecule has 112 valence electrons. The van der Waals surface area contributed by atoms with Crippen molar-refractivity contribution in [2.45, 2.75) is 25.0 Å². The number of benzene rings is 1. The first-order valence-electron chi connectivity index (χ1n) is 6.72. The van der Waals surface area contributed by atoms with Gasteiger partial charge in [-0.3, -0.25) is 0 Å². The second-order valence-electron chi connectivity index (χ2n) is 4.83. The van der Waals surface area contributed by atoms with Crippen molar-refractivity contribution in [1.29, 1.82) is 0 Å². The average Bonchev–Trinajstić information content (AvgIpc) is 2.47. The van der Waals surface area contributed by atoms with Gasteiger partial charge in [-0.05, 0) is 36.5 Å². The van der Waals surface area contributed by atoms with Gasteiger partial charge in [0.2, 0.25) is 0 Å². The summed E-state index contributed by atoms with van der Waals surface area (Å²) in [5.74, 6) is 2.90. The van der Waals surface area contributed by atoms with Crippen molar-refractivity contribution < 1.29 is 9.84 Å². The van der Waals surface area contributed by atoms with E-state index >= 15 is 0 Å². The Morgan fingerprint density at radius 3 is 2.85 bits per heavy atom. The van der Waals surface area contributed by atoms with Crippen molar-refractivity contribution in [1.82, 2.24) is 5.32 Å². The Bertz CT molecular complexity index is 428. The number of hydrogen-bond acceptors (Lipinski definition) is 4. The van der Waals surface area contributed by atoms with E-state index in [4.69, 9.17) is 27.9 Å². The van der Waals surface area contributed by atoms with Gasteiger partial charge in [-0.2, -0.15) is 11.8 Å². The zero-order valence-corrected chi connectivity index (χ0v) is 13.5. The second kappa shape index (κ2) is 8.35. The van der Waals surface area contributed by atoms with Crippen molar-refractivity contribution >= 4 is 35.0 Å². The fourth-order valence-electron chi connectivity index (χ4n) is 2.04. The largest absolute Gasteiger partial charge is 0.489 e. The molecule has 1 aliphatic rings. The molecule has 2 N–H and O–H groups in total. The standard InChI is InChI=1S/C14H19Cl2NO2S/c15-10-1-2-13(16)14(7-10)19-9-12(18)8-17-11-3-5-20-6-4-11/h1-2,7,11-12,17-18H,3-6,8-9H2. The second-order valence-corrected chi connectivity index (χ2v) is 6.90. The quantitative estimate of drug-likeness (QED) is 0.837. The lowest BCUT2D eigenvalue weighted by molar-refractivity contribution is 0.103. The van der Waals surface area contributed by atoms with Crippen molar-refractivity contribution in [2.24, 2.45) is 0 Å². The fraction of sp³-hybridized carbons (Fsp3) is 0.571. The van der Waals surface area contributed by atoms with Crippen LogP contribution < -0.4 is 10.1 Å². The molecule has 20 heavy (non-hydrogen) atoms. The van der Waals surface area contributed by atoms with Crippen molar-refractivity contribution in [3.63, 3.8) is 0 Å². The molecule has 0 amide bonds. The van der Waals surface area contributed by atoms with Crippen LogP contribution in [-0.2, 0) is 0 Å². The molecule has 0 radical (unpaired) electrons. The third kappa shape index (κ3) is 5.34. The van der Waals surface area contributed by atoms with Gasteiger partial charge in [-0.25, -0.2) is 0 Å². The highest BCUT2D eigenvalue weighted by molar-refractivity contribution is 7.99. The normalized spacial score (nSPS) is 17.9.